The highest BCUT2D eigenvalue weighted by molar-refractivity contribution is 5.97. The maximum Gasteiger partial charge on any atom is 0.251 e. The first-order chi connectivity index (χ1) is 14.8. The Bertz CT molecular complexity index is 872. The lowest BCUT2D eigenvalue weighted by Crippen LogP contribution is -2.40. The molecule has 2 rings (SSSR count). The zero-order valence-electron chi connectivity index (χ0n) is 18.4. The third kappa shape index (κ3) is 7.25. The molecule has 1 unspecified atom stereocenters. The molecular formula is C23H30FN3O4. The summed E-state index contributed by atoms with van der Waals surface area (Å²) in [6.07, 6.45) is 0. The van der Waals surface area contributed by atoms with Crippen LogP contribution in [0.4, 0.5) is 4.39 Å². The van der Waals surface area contributed by atoms with E-state index in [1.54, 1.807) is 30.3 Å². The van der Waals surface area contributed by atoms with Crippen LogP contribution in [-0.4, -0.2) is 57.1 Å². The van der Waals surface area contributed by atoms with Gasteiger partial charge in [0.05, 0.1) is 25.8 Å². The van der Waals surface area contributed by atoms with Crippen LogP contribution in [0.15, 0.2) is 42.5 Å². The lowest BCUT2D eigenvalue weighted by molar-refractivity contribution is -0.120. The van der Waals surface area contributed by atoms with Gasteiger partial charge in [-0.15, -0.1) is 0 Å². The first kappa shape index (κ1) is 24.1. The number of nitrogens with zero attached hydrogens (tertiary/aromatic N) is 1. The molecule has 0 aliphatic carbocycles. The van der Waals surface area contributed by atoms with E-state index in [1.807, 2.05) is 32.8 Å². The van der Waals surface area contributed by atoms with E-state index < -0.39 is 0 Å². The normalized spacial score (nSPS) is 11.7. The van der Waals surface area contributed by atoms with Gasteiger partial charge in [-0.25, -0.2) is 4.39 Å². The van der Waals surface area contributed by atoms with Crippen molar-refractivity contribution in [1.82, 2.24) is 15.5 Å². The quantitative estimate of drug-likeness (QED) is 0.572. The number of rotatable bonds is 11. The van der Waals surface area contributed by atoms with Crippen molar-refractivity contribution >= 4 is 11.8 Å². The van der Waals surface area contributed by atoms with E-state index >= 15 is 0 Å². The Balaban J connectivity index is 1.92. The zero-order chi connectivity index (χ0) is 22.8. The predicted molar refractivity (Wildman–Crippen MR) is 117 cm³/mol. The van der Waals surface area contributed by atoms with Gasteiger partial charge in [-0.05, 0) is 63.8 Å². The van der Waals surface area contributed by atoms with Crippen LogP contribution in [0.25, 0.3) is 0 Å². The molecule has 0 bridgehead atoms. The molecule has 0 spiro atoms. The molecule has 0 aromatic heterocycles. The van der Waals surface area contributed by atoms with E-state index in [9.17, 15) is 14.0 Å². The molecule has 2 aromatic rings. The maximum absolute atomic E-state index is 13.2. The molecule has 1 atom stereocenters. The standard InChI is InChI=1S/C23H30FN3O4/c1-5-30-20-12-9-17(13-21(20)31-6-2)23(29)26-15-22(28)25-14-19(27(3)4)16-7-10-18(24)11-8-16/h7-13,19H,5-6,14-15H2,1-4H3,(H,25,28)(H,26,29). The van der Waals surface area contributed by atoms with E-state index in [0.717, 1.165) is 5.56 Å². The molecule has 0 heterocycles. The van der Waals surface area contributed by atoms with Gasteiger partial charge < -0.3 is 25.0 Å². The van der Waals surface area contributed by atoms with E-state index in [1.165, 1.54) is 12.1 Å². The Morgan fingerprint density at radius 2 is 1.61 bits per heavy atom. The van der Waals surface area contributed by atoms with Gasteiger partial charge in [0.25, 0.3) is 5.91 Å². The second kappa shape index (κ2) is 11.9. The van der Waals surface area contributed by atoms with Gasteiger partial charge in [0, 0.05) is 12.1 Å². The predicted octanol–water partition coefficient (Wildman–Crippen LogP) is 2.77. The van der Waals surface area contributed by atoms with Crippen molar-refractivity contribution in [3.8, 4) is 11.5 Å². The van der Waals surface area contributed by atoms with Gasteiger partial charge in [0.15, 0.2) is 11.5 Å². The van der Waals surface area contributed by atoms with Crippen molar-refractivity contribution in [2.24, 2.45) is 0 Å². The molecule has 0 saturated carbocycles. The Labute approximate surface area is 182 Å². The Morgan fingerprint density at radius 3 is 2.23 bits per heavy atom. The summed E-state index contributed by atoms with van der Waals surface area (Å²) in [6.45, 7) is 4.79. The van der Waals surface area contributed by atoms with Gasteiger partial charge >= 0.3 is 0 Å². The van der Waals surface area contributed by atoms with E-state index in [4.69, 9.17) is 9.47 Å². The molecule has 0 radical (unpaired) electrons. The Kier molecular flexibility index (Phi) is 9.27. The molecule has 8 heteroatoms. The highest BCUT2D eigenvalue weighted by Crippen LogP contribution is 2.28. The summed E-state index contributed by atoms with van der Waals surface area (Å²) in [5.41, 5.74) is 1.26. The topological polar surface area (TPSA) is 79.9 Å². The molecule has 168 valence electrons. The number of carbonyl (C=O) groups excluding carboxylic acids is 2. The van der Waals surface area contributed by atoms with Crippen LogP contribution in [0.2, 0.25) is 0 Å². The summed E-state index contributed by atoms with van der Waals surface area (Å²) in [5, 5.41) is 5.42. The van der Waals surface area contributed by atoms with Gasteiger partial charge in [0.2, 0.25) is 5.91 Å². The molecule has 7 nitrogen and oxygen atoms in total. The molecule has 2 aromatic carbocycles. The van der Waals surface area contributed by atoms with Gasteiger partial charge in [-0.1, -0.05) is 12.1 Å². The summed E-state index contributed by atoms with van der Waals surface area (Å²) in [5.74, 6) is 0.0265. The molecule has 0 aliphatic heterocycles. The minimum absolute atomic E-state index is 0.125. The molecule has 2 amide bonds. The van der Waals surface area contributed by atoms with Crippen molar-refractivity contribution in [3.05, 3.63) is 59.4 Å². The third-order valence-corrected chi connectivity index (χ3v) is 4.59. The van der Waals surface area contributed by atoms with Crippen LogP contribution >= 0.6 is 0 Å². The molecule has 31 heavy (non-hydrogen) atoms. The van der Waals surface area contributed by atoms with Crippen LogP contribution < -0.4 is 20.1 Å². The summed E-state index contributed by atoms with van der Waals surface area (Å²) < 4.78 is 24.2. The summed E-state index contributed by atoms with van der Waals surface area (Å²) in [6, 6.07) is 10.9. The average Bonchev–Trinajstić information content (AvgIpc) is 2.74. The van der Waals surface area contributed by atoms with Crippen molar-refractivity contribution in [3.63, 3.8) is 0 Å². The van der Waals surface area contributed by atoms with E-state index in [2.05, 4.69) is 10.6 Å². The van der Waals surface area contributed by atoms with Crippen LogP contribution in [0, 0.1) is 5.82 Å². The van der Waals surface area contributed by atoms with E-state index in [-0.39, 0.29) is 30.2 Å². The SMILES string of the molecule is CCOc1ccc(C(=O)NCC(=O)NCC(c2ccc(F)cc2)N(C)C)cc1OCC. The van der Waals surface area contributed by atoms with Crippen molar-refractivity contribution in [2.45, 2.75) is 19.9 Å². The zero-order valence-corrected chi connectivity index (χ0v) is 18.4. The lowest BCUT2D eigenvalue weighted by atomic mass is 10.1. The minimum Gasteiger partial charge on any atom is -0.490 e. The van der Waals surface area contributed by atoms with Crippen molar-refractivity contribution in [2.75, 3.05) is 40.4 Å². The fraction of sp³-hybridized carbons (Fsp3) is 0.391. The van der Waals surface area contributed by atoms with Gasteiger partial charge in [-0.2, -0.15) is 0 Å². The number of amides is 2. The fourth-order valence-electron chi connectivity index (χ4n) is 3.01. The lowest BCUT2D eigenvalue weighted by Gasteiger charge is -2.25. The third-order valence-electron chi connectivity index (χ3n) is 4.59. The Morgan fingerprint density at radius 1 is 0.968 bits per heavy atom. The van der Waals surface area contributed by atoms with Crippen LogP contribution in [0.1, 0.15) is 35.8 Å². The number of halogens is 1. The second-order valence-corrected chi connectivity index (χ2v) is 7.05. The first-order valence-corrected chi connectivity index (χ1v) is 10.2. The molecule has 0 fully saturated rings. The summed E-state index contributed by atoms with van der Waals surface area (Å²) in [7, 11) is 3.76. The number of benzene rings is 2. The smallest absolute Gasteiger partial charge is 0.251 e. The van der Waals surface area contributed by atoms with Crippen molar-refractivity contribution in [1.29, 1.82) is 0 Å². The number of likely N-dealkylation sites (N-methyl/N-ethyl adjacent to an activating group) is 1. The number of hydrogen-bond donors (Lipinski definition) is 2. The van der Waals surface area contributed by atoms with Gasteiger partial charge in [-0.3, -0.25) is 9.59 Å². The fourth-order valence-corrected chi connectivity index (χ4v) is 3.01. The number of carbonyl (C=O) groups is 2. The minimum atomic E-state index is -0.387. The first-order valence-electron chi connectivity index (χ1n) is 10.2. The monoisotopic (exact) mass is 431 g/mol. The van der Waals surface area contributed by atoms with Crippen molar-refractivity contribution < 1.29 is 23.5 Å². The maximum atomic E-state index is 13.2. The van der Waals surface area contributed by atoms with Crippen LogP contribution in [0.3, 0.4) is 0 Å². The summed E-state index contributed by atoms with van der Waals surface area (Å²) >= 11 is 0. The Hall–Kier alpha value is -3.13. The molecular weight excluding hydrogens is 401 g/mol. The van der Waals surface area contributed by atoms with E-state index in [0.29, 0.717) is 36.8 Å². The highest BCUT2D eigenvalue weighted by atomic mass is 19.1. The molecule has 0 aliphatic rings. The largest absolute Gasteiger partial charge is 0.490 e. The van der Waals surface area contributed by atoms with Crippen LogP contribution in [0.5, 0.6) is 11.5 Å². The molecule has 2 N–H and O–H groups in total. The number of ether oxygens (including phenoxy) is 2. The second-order valence-electron chi connectivity index (χ2n) is 7.05. The van der Waals surface area contributed by atoms with Crippen LogP contribution in [-0.2, 0) is 4.79 Å². The average molecular weight is 432 g/mol. The molecule has 0 saturated heterocycles. The summed E-state index contributed by atoms with van der Waals surface area (Å²) in [4.78, 5) is 26.6. The van der Waals surface area contributed by atoms with Gasteiger partial charge in [0.1, 0.15) is 5.82 Å². The highest BCUT2D eigenvalue weighted by Gasteiger charge is 2.16. The number of hydrogen-bond acceptors (Lipinski definition) is 5. The number of nitrogens with one attached hydrogen (secondary N) is 2.